The van der Waals surface area contributed by atoms with Crippen LogP contribution in [-0.2, 0) is 0 Å². The zero-order chi connectivity index (χ0) is 13.0. The summed E-state index contributed by atoms with van der Waals surface area (Å²) in [6, 6.07) is 0. The highest BCUT2D eigenvalue weighted by Gasteiger charge is 2.19. The molecule has 0 atom stereocenters. The van der Waals surface area contributed by atoms with E-state index < -0.39 is 4.92 Å². The van der Waals surface area contributed by atoms with Gasteiger partial charge in [0.25, 0.3) is 0 Å². The van der Waals surface area contributed by atoms with Crippen LogP contribution in [-0.4, -0.2) is 32.6 Å². The minimum atomic E-state index is -0.522. The van der Waals surface area contributed by atoms with Gasteiger partial charge in [-0.25, -0.2) is 9.97 Å². The monoisotopic (exact) mass is 252 g/mol. The van der Waals surface area contributed by atoms with Gasteiger partial charge in [0.15, 0.2) is 0 Å². The van der Waals surface area contributed by atoms with Crippen molar-refractivity contribution in [2.45, 2.75) is 31.8 Å². The van der Waals surface area contributed by atoms with E-state index in [0.29, 0.717) is 11.9 Å². The predicted octanol–water partition coefficient (Wildman–Crippen LogP) is 1.35. The highest BCUT2D eigenvalue weighted by atomic mass is 16.6. The zero-order valence-corrected chi connectivity index (χ0v) is 9.95. The highest BCUT2D eigenvalue weighted by Crippen LogP contribution is 2.24. The lowest BCUT2D eigenvalue weighted by molar-refractivity contribution is -0.385. The molecule has 7 heteroatoms. The first-order chi connectivity index (χ1) is 8.65. The van der Waals surface area contributed by atoms with Crippen molar-refractivity contribution in [1.82, 2.24) is 9.97 Å². The lowest BCUT2D eigenvalue weighted by Gasteiger charge is -2.25. The Balaban J connectivity index is 1.81. The second kappa shape index (κ2) is 5.72. The van der Waals surface area contributed by atoms with Crippen LogP contribution in [0.25, 0.3) is 0 Å². The molecule has 18 heavy (non-hydrogen) atoms. The van der Waals surface area contributed by atoms with Gasteiger partial charge in [0.05, 0.1) is 11.0 Å². The van der Waals surface area contributed by atoms with E-state index in [1.54, 1.807) is 0 Å². The van der Waals surface area contributed by atoms with Crippen LogP contribution in [0.15, 0.2) is 12.4 Å². The molecule has 0 spiro atoms. The maximum Gasteiger partial charge on any atom is 0.305 e. The van der Waals surface area contributed by atoms with Crippen LogP contribution < -0.4 is 5.32 Å². The molecular weight excluding hydrogens is 236 g/mol. The number of anilines is 1. The molecule has 1 heterocycles. The van der Waals surface area contributed by atoms with E-state index in [9.17, 15) is 15.2 Å². The molecule has 1 saturated carbocycles. The van der Waals surface area contributed by atoms with Crippen LogP contribution in [0.4, 0.5) is 11.6 Å². The van der Waals surface area contributed by atoms with E-state index in [0.717, 1.165) is 32.2 Å². The Hall–Kier alpha value is -1.76. The highest BCUT2D eigenvalue weighted by molar-refractivity contribution is 5.30. The fourth-order valence-electron chi connectivity index (χ4n) is 2.09. The van der Waals surface area contributed by atoms with E-state index in [4.69, 9.17) is 0 Å². The summed E-state index contributed by atoms with van der Waals surface area (Å²) in [6.45, 7) is 0.741. The third kappa shape index (κ3) is 3.36. The molecule has 1 aromatic rings. The van der Waals surface area contributed by atoms with Crippen molar-refractivity contribution in [2.75, 3.05) is 11.9 Å². The molecule has 2 rings (SSSR count). The molecular formula is C11H16N4O3. The molecule has 0 radical (unpaired) electrons. The van der Waals surface area contributed by atoms with Gasteiger partial charge in [-0.3, -0.25) is 10.1 Å². The molecule has 1 aromatic heterocycles. The summed E-state index contributed by atoms with van der Waals surface area (Å²) in [4.78, 5) is 17.7. The summed E-state index contributed by atoms with van der Waals surface area (Å²) >= 11 is 0. The SMILES string of the molecule is O=[N+]([O-])c1cnc(NCC2CCC(O)CC2)nc1. The average molecular weight is 252 g/mol. The van der Waals surface area contributed by atoms with Crippen LogP contribution in [0.2, 0.25) is 0 Å². The molecule has 0 bridgehead atoms. The summed E-state index contributed by atoms with van der Waals surface area (Å²) in [6.07, 6.45) is 5.89. The van der Waals surface area contributed by atoms with Crippen molar-refractivity contribution >= 4 is 11.6 Å². The van der Waals surface area contributed by atoms with Gasteiger partial charge in [-0.05, 0) is 31.6 Å². The van der Waals surface area contributed by atoms with Gasteiger partial charge in [-0.15, -0.1) is 0 Å². The van der Waals surface area contributed by atoms with Crippen LogP contribution in [0.3, 0.4) is 0 Å². The Morgan fingerprint density at radius 3 is 2.50 bits per heavy atom. The number of nitrogens with one attached hydrogen (secondary N) is 1. The van der Waals surface area contributed by atoms with Crippen molar-refractivity contribution < 1.29 is 10.0 Å². The summed E-state index contributed by atoms with van der Waals surface area (Å²) in [7, 11) is 0. The number of rotatable bonds is 4. The molecule has 1 aliphatic carbocycles. The second-order valence-electron chi connectivity index (χ2n) is 4.58. The van der Waals surface area contributed by atoms with Crippen LogP contribution in [0.5, 0.6) is 0 Å². The minimum absolute atomic E-state index is 0.110. The summed E-state index contributed by atoms with van der Waals surface area (Å²) < 4.78 is 0. The zero-order valence-electron chi connectivity index (χ0n) is 9.95. The second-order valence-corrected chi connectivity index (χ2v) is 4.58. The third-order valence-electron chi connectivity index (χ3n) is 3.21. The molecule has 2 N–H and O–H groups in total. The number of nitrogens with zero attached hydrogens (tertiary/aromatic N) is 3. The van der Waals surface area contributed by atoms with Gasteiger partial charge in [-0.2, -0.15) is 0 Å². The Bertz CT molecular complexity index is 401. The van der Waals surface area contributed by atoms with Gasteiger partial charge in [-0.1, -0.05) is 0 Å². The van der Waals surface area contributed by atoms with E-state index in [-0.39, 0.29) is 11.8 Å². The molecule has 1 fully saturated rings. The summed E-state index contributed by atoms with van der Waals surface area (Å²) in [5.74, 6) is 0.916. The average Bonchev–Trinajstić information content (AvgIpc) is 2.38. The number of hydrogen-bond donors (Lipinski definition) is 2. The van der Waals surface area contributed by atoms with Gasteiger partial charge in [0.1, 0.15) is 12.4 Å². The topological polar surface area (TPSA) is 101 Å². The smallest absolute Gasteiger partial charge is 0.305 e. The minimum Gasteiger partial charge on any atom is -0.393 e. The number of aliphatic hydroxyl groups excluding tert-OH is 1. The van der Waals surface area contributed by atoms with Crippen LogP contribution in [0.1, 0.15) is 25.7 Å². The molecule has 0 aromatic carbocycles. The first-order valence-corrected chi connectivity index (χ1v) is 6.03. The first kappa shape index (κ1) is 12.7. The number of nitro groups is 1. The molecule has 0 saturated heterocycles. The lowest BCUT2D eigenvalue weighted by atomic mass is 9.87. The van der Waals surface area contributed by atoms with Crippen molar-refractivity contribution in [1.29, 1.82) is 0 Å². The van der Waals surface area contributed by atoms with E-state index in [1.807, 2.05) is 0 Å². The quantitative estimate of drug-likeness (QED) is 0.619. The van der Waals surface area contributed by atoms with Gasteiger partial charge in [0.2, 0.25) is 5.95 Å². The summed E-state index contributed by atoms with van der Waals surface area (Å²) in [5, 5.41) is 22.9. The Labute approximate surface area is 104 Å². The van der Waals surface area contributed by atoms with E-state index in [1.165, 1.54) is 12.4 Å². The number of aliphatic hydroxyl groups is 1. The number of hydrogen-bond acceptors (Lipinski definition) is 6. The van der Waals surface area contributed by atoms with Gasteiger partial charge < -0.3 is 10.4 Å². The van der Waals surface area contributed by atoms with E-state index >= 15 is 0 Å². The van der Waals surface area contributed by atoms with Crippen molar-refractivity contribution in [3.8, 4) is 0 Å². The fraction of sp³-hybridized carbons (Fsp3) is 0.636. The molecule has 0 unspecified atom stereocenters. The Morgan fingerprint density at radius 2 is 1.94 bits per heavy atom. The maximum absolute atomic E-state index is 10.4. The standard InChI is InChI=1S/C11H16N4O3/c16-10-3-1-8(2-4-10)5-12-11-13-6-9(7-14-11)15(17)18/h6-8,10,16H,1-5H2,(H,12,13,14). The third-order valence-corrected chi connectivity index (χ3v) is 3.21. The van der Waals surface area contributed by atoms with Crippen molar-refractivity contribution in [3.63, 3.8) is 0 Å². The molecule has 98 valence electrons. The molecule has 0 amide bonds. The van der Waals surface area contributed by atoms with Crippen LogP contribution >= 0.6 is 0 Å². The Kier molecular flexibility index (Phi) is 4.03. The van der Waals surface area contributed by atoms with Gasteiger partial charge in [0, 0.05) is 6.54 Å². The fourth-order valence-corrected chi connectivity index (χ4v) is 2.09. The molecule has 7 nitrogen and oxygen atoms in total. The van der Waals surface area contributed by atoms with Crippen molar-refractivity contribution in [2.24, 2.45) is 5.92 Å². The van der Waals surface area contributed by atoms with Crippen LogP contribution in [0, 0.1) is 16.0 Å². The lowest BCUT2D eigenvalue weighted by Crippen LogP contribution is -2.24. The molecule has 1 aliphatic rings. The van der Waals surface area contributed by atoms with Crippen molar-refractivity contribution in [3.05, 3.63) is 22.5 Å². The summed E-state index contributed by atoms with van der Waals surface area (Å²) in [5.41, 5.74) is -0.110. The largest absolute Gasteiger partial charge is 0.393 e. The normalized spacial score (nSPS) is 23.6. The number of aromatic nitrogens is 2. The van der Waals surface area contributed by atoms with E-state index in [2.05, 4.69) is 15.3 Å². The van der Waals surface area contributed by atoms with Gasteiger partial charge >= 0.3 is 5.69 Å². The maximum atomic E-state index is 10.4. The molecule has 0 aliphatic heterocycles. The Morgan fingerprint density at radius 1 is 1.33 bits per heavy atom. The predicted molar refractivity (Wildman–Crippen MR) is 65.1 cm³/mol. The first-order valence-electron chi connectivity index (χ1n) is 6.03.